The minimum absolute atomic E-state index is 0.672. The van der Waals surface area contributed by atoms with Gasteiger partial charge >= 0.3 is 0 Å². The molecule has 0 spiro atoms. The fraction of sp³-hybridized carbons (Fsp3) is 0.357. The van der Waals surface area contributed by atoms with Gasteiger partial charge < -0.3 is 15.2 Å². The highest BCUT2D eigenvalue weighted by Gasteiger charge is 2.15. The average molecular weight is 277 g/mol. The van der Waals surface area contributed by atoms with E-state index in [0.717, 1.165) is 30.0 Å². The van der Waals surface area contributed by atoms with Gasteiger partial charge in [-0.1, -0.05) is 11.6 Å². The topological polar surface area (TPSA) is 46.5 Å². The van der Waals surface area contributed by atoms with Gasteiger partial charge in [0.2, 0.25) is 0 Å². The van der Waals surface area contributed by atoms with Crippen LogP contribution in [-0.2, 0) is 6.54 Å². The van der Waals surface area contributed by atoms with Gasteiger partial charge in [0.15, 0.2) is 5.96 Å². The van der Waals surface area contributed by atoms with E-state index in [2.05, 4.69) is 26.7 Å². The van der Waals surface area contributed by atoms with E-state index < -0.39 is 0 Å². The maximum Gasteiger partial charge on any atom is 0.191 e. The molecule has 1 aliphatic rings. The number of rotatable bonds is 3. The molecule has 1 aromatic carbocycles. The smallest absolute Gasteiger partial charge is 0.191 e. The van der Waals surface area contributed by atoms with Gasteiger partial charge in [-0.15, -0.1) is 0 Å². The summed E-state index contributed by atoms with van der Waals surface area (Å²) in [7, 11) is 0. The Morgan fingerprint density at radius 2 is 2.16 bits per heavy atom. The molecule has 0 radical (unpaired) electrons. The van der Waals surface area contributed by atoms with Crippen LogP contribution in [0.15, 0.2) is 35.5 Å². The number of guanidine groups is 1. The van der Waals surface area contributed by atoms with Gasteiger partial charge in [0, 0.05) is 41.8 Å². The molecule has 2 heterocycles. The van der Waals surface area contributed by atoms with Crippen LogP contribution in [0.5, 0.6) is 0 Å². The molecule has 100 valence electrons. The molecule has 2 aromatic rings. The first kappa shape index (κ1) is 12.4. The van der Waals surface area contributed by atoms with Crippen molar-refractivity contribution in [2.75, 3.05) is 19.6 Å². The number of aromatic nitrogens is 1. The van der Waals surface area contributed by atoms with Crippen LogP contribution in [0.25, 0.3) is 10.9 Å². The first-order chi connectivity index (χ1) is 9.24. The number of benzene rings is 1. The summed E-state index contributed by atoms with van der Waals surface area (Å²) in [4.78, 5) is 6.52. The van der Waals surface area contributed by atoms with Crippen LogP contribution in [-0.4, -0.2) is 35.1 Å². The summed E-state index contributed by atoms with van der Waals surface area (Å²) in [6.07, 6.45) is 3.29. The first-order valence-corrected chi connectivity index (χ1v) is 6.91. The second kappa shape index (κ2) is 5.13. The van der Waals surface area contributed by atoms with Gasteiger partial charge in [-0.3, -0.25) is 4.99 Å². The maximum absolute atomic E-state index is 5.98. The van der Waals surface area contributed by atoms with Gasteiger partial charge in [-0.2, -0.15) is 0 Å². The van der Waals surface area contributed by atoms with Crippen molar-refractivity contribution in [1.82, 2.24) is 9.47 Å². The lowest BCUT2D eigenvalue weighted by molar-refractivity contribution is 0.295. The molecule has 0 unspecified atom stereocenters. The van der Waals surface area contributed by atoms with Crippen LogP contribution in [0.2, 0.25) is 5.02 Å². The van der Waals surface area contributed by atoms with Crippen molar-refractivity contribution < 1.29 is 0 Å². The molecule has 1 fully saturated rings. The number of aliphatic imine (C=N–C) groups is 1. The third-order valence-corrected chi connectivity index (χ3v) is 3.76. The Labute approximate surface area is 117 Å². The number of likely N-dealkylation sites (tertiary alicyclic amines) is 1. The molecule has 1 aromatic heterocycles. The zero-order valence-corrected chi connectivity index (χ0v) is 11.5. The zero-order chi connectivity index (χ0) is 13.2. The first-order valence-electron chi connectivity index (χ1n) is 6.53. The molecule has 0 bridgehead atoms. The molecule has 1 aliphatic heterocycles. The van der Waals surface area contributed by atoms with E-state index in [4.69, 9.17) is 17.3 Å². The number of fused-ring (bicyclic) bond motifs is 1. The van der Waals surface area contributed by atoms with Crippen molar-refractivity contribution in [2.45, 2.75) is 13.0 Å². The van der Waals surface area contributed by atoms with Gasteiger partial charge in [-0.25, -0.2) is 0 Å². The predicted octanol–water partition coefficient (Wildman–Crippen LogP) is 2.32. The van der Waals surface area contributed by atoms with Crippen molar-refractivity contribution >= 4 is 28.5 Å². The summed E-state index contributed by atoms with van der Waals surface area (Å²) >= 11 is 5.98. The third kappa shape index (κ3) is 2.54. The SMILES string of the molecule is NC(=NCCn1ccc2cc(Cl)ccc21)N1CCC1. The lowest BCUT2D eigenvalue weighted by Gasteiger charge is -2.31. The van der Waals surface area contributed by atoms with Crippen LogP contribution < -0.4 is 5.73 Å². The molecule has 0 aliphatic carbocycles. The molecule has 0 saturated carbocycles. The van der Waals surface area contributed by atoms with Crippen molar-refractivity contribution in [3.8, 4) is 0 Å². The summed E-state index contributed by atoms with van der Waals surface area (Å²) in [5.74, 6) is 0.672. The van der Waals surface area contributed by atoms with Crippen LogP contribution in [0.3, 0.4) is 0 Å². The van der Waals surface area contributed by atoms with E-state index in [1.54, 1.807) is 0 Å². The van der Waals surface area contributed by atoms with E-state index in [1.165, 1.54) is 11.9 Å². The summed E-state index contributed by atoms with van der Waals surface area (Å²) in [5, 5.41) is 1.93. The van der Waals surface area contributed by atoms with E-state index in [9.17, 15) is 0 Å². The number of hydrogen-bond donors (Lipinski definition) is 1. The molecule has 0 amide bonds. The standard InChI is InChI=1S/C14H17ClN4/c15-12-2-3-13-11(10-12)4-8-18(13)9-5-17-14(16)19-6-1-7-19/h2-4,8,10H,1,5-7,9H2,(H2,16,17). The van der Waals surface area contributed by atoms with Crippen LogP contribution >= 0.6 is 11.6 Å². The summed E-state index contributed by atoms with van der Waals surface area (Å²) in [6.45, 7) is 3.62. The summed E-state index contributed by atoms with van der Waals surface area (Å²) in [5.41, 5.74) is 7.08. The second-order valence-electron chi connectivity index (χ2n) is 4.79. The fourth-order valence-electron chi connectivity index (χ4n) is 2.28. The highest BCUT2D eigenvalue weighted by atomic mass is 35.5. The number of nitrogens with two attached hydrogens (primary N) is 1. The Balaban J connectivity index is 1.68. The molecule has 5 heteroatoms. The fourth-order valence-corrected chi connectivity index (χ4v) is 2.46. The Morgan fingerprint density at radius 3 is 2.89 bits per heavy atom. The van der Waals surface area contributed by atoms with E-state index in [-0.39, 0.29) is 0 Å². The second-order valence-corrected chi connectivity index (χ2v) is 5.23. The van der Waals surface area contributed by atoms with Gasteiger partial charge in [0.1, 0.15) is 0 Å². The van der Waals surface area contributed by atoms with Crippen molar-refractivity contribution in [3.05, 3.63) is 35.5 Å². The van der Waals surface area contributed by atoms with Gasteiger partial charge in [0.25, 0.3) is 0 Å². The Kier molecular flexibility index (Phi) is 3.34. The number of nitrogens with zero attached hydrogens (tertiary/aromatic N) is 3. The normalized spacial score (nSPS) is 15.8. The van der Waals surface area contributed by atoms with Gasteiger partial charge in [-0.05, 0) is 30.7 Å². The predicted molar refractivity (Wildman–Crippen MR) is 79.6 cm³/mol. The van der Waals surface area contributed by atoms with E-state index in [1.807, 2.05) is 18.2 Å². The average Bonchev–Trinajstić information content (AvgIpc) is 2.69. The number of hydrogen-bond acceptors (Lipinski definition) is 1. The molecule has 1 saturated heterocycles. The minimum Gasteiger partial charge on any atom is -0.370 e. The van der Waals surface area contributed by atoms with Crippen molar-refractivity contribution in [2.24, 2.45) is 10.7 Å². The minimum atomic E-state index is 0.672. The quantitative estimate of drug-likeness (QED) is 0.691. The van der Waals surface area contributed by atoms with Crippen molar-refractivity contribution in [1.29, 1.82) is 0 Å². The van der Waals surface area contributed by atoms with E-state index >= 15 is 0 Å². The monoisotopic (exact) mass is 276 g/mol. The molecular weight excluding hydrogens is 260 g/mol. The lowest BCUT2D eigenvalue weighted by Crippen LogP contribution is -2.46. The molecule has 19 heavy (non-hydrogen) atoms. The lowest BCUT2D eigenvalue weighted by atomic mass is 10.2. The summed E-state index contributed by atoms with van der Waals surface area (Å²) < 4.78 is 2.18. The largest absolute Gasteiger partial charge is 0.370 e. The molecule has 3 rings (SSSR count). The molecule has 2 N–H and O–H groups in total. The number of halogens is 1. The Bertz CT molecular complexity index is 613. The highest BCUT2D eigenvalue weighted by Crippen LogP contribution is 2.20. The van der Waals surface area contributed by atoms with Crippen molar-refractivity contribution in [3.63, 3.8) is 0 Å². The molecular formula is C14H17ClN4. The van der Waals surface area contributed by atoms with Gasteiger partial charge in [0.05, 0.1) is 6.54 Å². The Hall–Kier alpha value is -1.68. The zero-order valence-electron chi connectivity index (χ0n) is 10.7. The summed E-state index contributed by atoms with van der Waals surface area (Å²) in [6, 6.07) is 8.01. The highest BCUT2D eigenvalue weighted by molar-refractivity contribution is 6.31. The van der Waals surface area contributed by atoms with E-state index in [0.29, 0.717) is 12.5 Å². The van der Waals surface area contributed by atoms with Crippen LogP contribution in [0, 0.1) is 0 Å². The molecule has 0 atom stereocenters. The maximum atomic E-state index is 5.98. The van der Waals surface area contributed by atoms with Crippen LogP contribution in [0.4, 0.5) is 0 Å². The molecule has 4 nitrogen and oxygen atoms in total. The van der Waals surface area contributed by atoms with Crippen LogP contribution in [0.1, 0.15) is 6.42 Å². The Morgan fingerprint density at radius 1 is 1.32 bits per heavy atom. The third-order valence-electron chi connectivity index (χ3n) is 3.53.